The lowest BCUT2D eigenvalue weighted by Crippen LogP contribution is -2.58. The first-order valence-corrected chi connectivity index (χ1v) is 10.6. The quantitative estimate of drug-likeness (QED) is 0.836. The summed E-state index contributed by atoms with van der Waals surface area (Å²) in [6.45, 7) is 2.52. The molecule has 26 heavy (non-hydrogen) atoms. The molecule has 2 aliphatic rings. The van der Waals surface area contributed by atoms with E-state index in [9.17, 15) is 13.2 Å². The van der Waals surface area contributed by atoms with Gasteiger partial charge in [-0.1, -0.05) is 6.07 Å². The molecule has 2 fully saturated rings. The van der Waals surface area contributed by atoms with Crippen LogP contribution in [0.5, 0.6) is 0 Å². The number of carboxylic acids is 1. The number of rotatable bonds is 5. The minimum atomic E-state index is -3.10. The molecule has 2 saturated heterocycles. The number of nitrogens with zero attached hydrogens (tertiary/aromatic N) is 2. The van der Waals surface area contributed by atoms with E-state index in [0.717, 1.165) is 23.1 Å². The van der Waals surface area contributed by atoms with E-state index in [1.807, 2.05) is 23.1 Å². The molecular weight excluding hydrogens is 356 g/mol. The van der Waals surface area contributed by atoms with Crippen LogP contribution >= 0.6 is 0 Å². The minimum Gasteiger partial charge on any atom is -0.481 e. The molecule has 2 atom stereocenters. The molecule has 1 aromatic carbocycles. The lowest BCUT2D eigenvalue weighted by atomic mass is 10.0. The van der Waals surface area contributed by atoms with Crippen LogP contribution in [0.2, 0.25) is 0 Å². The Morgan fingerprint density at radius 3 is 2.65 bits per heavy atom. The predicted octanol–water partition coefficient (Wildman–Crippen LogP) is 1.19. The van der Waals surface area contributed by atoms with Crippen molar-refractivity contribution in [2.45, 2.75) is 25.0 Å². The number of piperazine rings is 1. The van der Waals surface area contributed by atoms with Crippen molar-refractivity contribution in [1.82, 2.24) is 9.80 Å². The van der Waals surface area contributed by atoms with Gasteiger partial charge in [0.25, 0.3) is 0 Å². The summed E-state index contributed by atoms with van der Waals surface area (Å²) in [6, 6.07) is 7.76. The van der Waals surface area contributed by atoms with Gasteiger partial charge in [-0.15, -0.1) is 0 Å². The summed E-state index contributed by atoms with van der Waals surface area (Å²) >= 11 is 0. The molecule has 1 N–H and O–H groups in total. The van der Waals surface area contributed by atoms with Crippen molar-refractivity contribution in [1.29, 1.82) is 0 Å². The fraction of sp³-hybridized carbons (Fsp3) is 0.500. The molecule has 0 unspecified atom stereocenters. The van der Waals surface area contributed by atoms with Gasteiger partial charge in [0, 0.05) is 43.6 Å². The van der Waals surface area contributed by atoms with Gasteiger partial charge < -0.3 is 9.52 Å². The van der Waals surface area contributed by atoms with Crippen LogP contribution in [0, 0.1) is 0 Å². The van der Waals surface area contributed by atoms with Gasteiger partial charge >= 0.3 is 5.97 Å². The number of carbonyl (C=O) groups is 1. The van der Waals surface area contributed by atoms with Gasteiger partial charge in [-0.05, 0) is 23.8 Å². The molecule has 7 nitrogen and oxygen atoms in total. The monoisotopic (exact) mass is 378 g/mol. The van der Waals surface area contributed by atoms with Crippen molar-refractivity contribution >= 4 is 26.8 Å². The highest BCUT2D eigenvalue weighted by molar-refractivity contribution is 7.91. The number of benzene rings is 1. The largest absolute Gasteiger partial charge is 0.481 e. The first kappa shape index (κ1) is 17.5. The fourth-order valence-electron chi connectivity index (χ4n) is 4.16. The maximum Gasteiger partial charge on any atom is 0.304 e. The summed E-state index contributed by atoms with van der Waals surface area (Å²) in [5.41, 5.74) is 1.97. The Kier molecular flexibility index (Phi) is 4.50. The number of hydrogen-bond acceptors (Lipinski definition) is 6. The normalized spacial score (nSPS) is 26.2. The summed E-state index contributed by atoms with van der Waals surface area (Å²) in [5.74, 6) is -0.581. The number of furan rings is 1. The fourth-order valence-corrected chi connectivity index (χ4v) is 6.20. The van der Waals surface area contributed by atoms with Gasteiger partial charge in [0.05, 0.1) is 24.2 Å². The summed E-state index contributed by atoms with van der Waals surface area (Å²) in [6.07, 6.45) is 1.70. The molecule has 0 spiro atoms. The molecule has 8 heteroatoms. The average Bonchev–Trinajstić information content (AvgIpc) is 3.16. The zero-order chi connectivity index (χ0) is 18.3. The molecule has 0 amide bonds. The Bertz CT molecular complexity index is 923. The van der Waals surface area contributed by atoms with Gasteiger partial charge in [-0.2, -0.15) is 0 Å². The van der Waals surface area contributed by atoms with E-state index in [-0.39, 0.29) is 30.0 Å². The second-order valence-electron chi connectivity index (χ2n) is 7.15. The summed E-state index contributed by atoms with van der Waals surface area (Å²) in [4.78, 5) is 15.2. The zero-order valence-electron chi connectivity index (χ0n) is 14.4. The molecule has 2 aliphatic heterocycles. The van der Waals surface area contributed by atoms with E-state index in [1.165, 1.54) is 0 Å². The molecule has 140 valence electrons. The van der Waals surface area contributed by atoms with E-state index in [4.69, 9.17) is 9.52 Å². The average molecular weight is 378 g/mol. The molecule has 0 aliphatic carbocycles. The first-order chi connectivity index (χ1) is 12.4. The number of fused-ring (bicyclic) bond motifs is 2. The van der Waals surface area contributed by atoms with Crippen LogP contribution in [0.4, 0.5) is 0 Å². The molecule has 0 radical (unpaired) electrons. The Morgan fingerprint density at radius 1 is 1.15 bits per heavy atom. The van der Waals surface area contributed by atoms with Crippen LogP contribution < -0.4 is 0 Å². The number of carboxylic acid groups (broad SMARTS) is 1. The van der Waals surface area contributed by atoms with Crippen molar-refractivity contribution < 1.29 is 22.7 Å². The Morgan fingerprint density at radius 2 is 1.88 bits per heavy atom. The van der Waals surface area contributed by atoms with Crippen molar-refractivity contribution in [2.24, 2.45) is 0 Å². The topological polar surface area (TPSA) is 91.1 Å². The predicted molar refractivity (Wildman–Crippen MR) is 96.7 cm³/mol. The van der Waals surface area contributed by atoms with Crippen molar-refractivity contribution in [3.05, 3.63) is 36.1 Å². The van der Waals surface area contributed by atoms with Crippen LogP contribution in [0.3, 0.4) is 0 Å². The Labute approximate surface area is 152 Å². The number of hydrogen-bond donors (Lipinski definition) is 1. The van der Waals surface area contributed by atoms with Crippen LogP contribution in [0.1, 0.15) is 12.0 Å². The lowest BCUT2D eigenvalue weighted by Gasteiger charge is -2.43. The second-order valence-corrected chi connectivity index (χ2v) is 9.31. The first-order valence-electron chi connectivity index (χ1n) is 8.78. The van der Waals surface area contributed by atoms with E-state index in [0.29, 0.717) is 19.6 Å². The summed E-state index contributed by atoms with van der Waals surface area (Å²) in [7, 11) is -3.10. The SMILES string of the molecule is O=C(O)CCN1CCN(Cc2ccc3occc3c2)[C@H]2CS(=O)(=O)C[C@H]21. The van der Waals surface area contributed by atoms with Gasteiger partial charge in [0.2, 0.25) is 0 Å². The lowest BCUT2D eigenvalue weighted by molar-refractivity contribution is -0.137. The molecule has 1 aromatic heterocycles. The van der Waals surface area contributed by atoms with E-state index in [1.54, 1.807) is 6.26 Å². The van der Waals surface area contributed by atoms with Gasteiger partial charge in [0.15, 0.2) is 9.84 Å². The van der Waals surface area contributed by atoms with Gasteiger partial charge in [0.1, 0.15) is 5.58 Å². The number of sulfone groups is 1. The Balaban J connectivity index is 1.53. The second kappa shape index (κ2) is 6.68. The molecule has 2 aromatic rings. The molecule has 4 rings (SSSR count). The third-order valence-corrected chi connectivity index (χ3v) is 7.12. The van der Waals surface area contributed by atoms with Crippen molar-refractivity contribution in [3.63, 3.8) is 0 Å². The highest BCUT2D eigenvalue weighted by Gasteiger charge is 2.46. The molecule has 0 saturated carbocycles. The molecule has 0 bridgehead atoms. The van der Waals surface area contributed by atoms with Crippen molar-refractivity contribution in [2.75, 3.05) is 31.1 Å². The molecular formula is C18H22N2O5S. The Hall–Kier alpha value is -1.90. The highest BCUT2D eigenvalue weighted by Crippen LogP contribution is 2.29. The van der Waals surface area contributed by atoms with Crippen LogP contribution in [-0.4, -0.2) is 72.5 Å². The van der Waals surface area contributed by atoms with E-state index < -0.39 is 15.8 Å². The third kappa shape index (κ3) is 3.49. The maximum atomic E-state index is 12.2. The van der Waals surface area contributed by atoms with Crippen LogP contribution in [-0.2, 0) is 21.2 Å². The number of aliphatic carboxylic acids is 1. The van der Waals surface area contributed by atoms with E-state index in [2.05, 4.69) is 11.0 Å². The van der Waals surface area contributed by atoms with Crippen LogP contribution in [0.25, 0.3) is 11.0 Å². The van der Waals surface area contributed by atoms with Crippen molar-refractivity contribution in [3.8, 4) is 0 Å². The summed E-state index contributed by atoms with van der Waals surface area (Å²) < 4.78 is 29.8. The smallest absolute Gasteiger partial charge is 0.304 e. The van der Waals surface area contributed by atoms with Gasteiger partial charge in [-0.3, -0.25) is 14.6 Å². The molecule has 3 heterocycles. The third-order valence-electron chi connectivity index (χ3n) is 5.42. The standard InChI is InChI=1S/C18H22N2O5S/c21-18(22)3-5-19-6-7-20(16-12-26(23,24)11-15(16)19)10-13-1-2-17-14(9-13)4-8-25-17/h1-2,4,8-9,15-16H,3,5-7,10-12H2,(H,21,22)/t15-,16+/m1/s1. The highest BCUT2D eigenvalue weighted by atomic mass is 32.2. The van der Waals surface area contributed by atoms with E-state index >= 15 is 0 Å². The van der Waals surface area contributed by atoms with Gasteiger partial charge in [-0.25, -0.2) is 8.42 Å². The summed E-state index contributed by atoms with van der Waals surface area (Å²) in [5, 5.41) is 9.98. The zero-order valence-corrected chi connectivity index (χ0v) is 15.2. The van der Waals surface area contributed by atoms with Crippen LogP contribution in [0.15, 0.2) is 34.9 Å². The minimum absolute atomic E-state index is 0.0421. The maximum absolute atomic E-state index is 12.2.